The lowest BCUT2D eigenvalue weighted by molar-refractivity contribution is -0.139. The van der Waals surface area contributed by atoms with Crippen LogP contribution >= 0.6 is 0 Å². The largest absolute Gasteiger partial charge is 0.423 e. The van der Waals surface area contributed by atoms with Gasteiger partial charge in [0.1, 0.15) is 11.8 Å². The number of hydrogen-bond acceptors (Lipinski definition) is 4. The molecule has 1 saturated heterocycles. The Kier molecular flexibility index (Phi) is 3.27. The van der Waals surface area contributed by atoms with Crippen molar-refractivity contribution in [1.29, 1.82) is 0 Å². The van der Waals surface area contributed by atoms with Crippen molar-refractivity contribution in [2.45, 2.75) is 38.0 Å². The van der Waals surface area contributed by atoms with Crippen LogP contribution in [0.5, 0.6) is 0 Å². The molecule has 2 rings (SSSR count). The second kappa shape index (κ2) is 4.49. The minimum atomic E-state index is -4.87. The van der Waals surface area contributed by atoms with Crippen LogP contribution < -0.4 is 11.2 Å². The van der Waals surface area contributed by atoms with E-state index in [0.29, 0.717) is 10.8 Å². The van der Waals surface area contributed by atoms with Crippen molar-refractivity contribution in [1.82, 2.24) is 9.55 Å². The van der Waals surface area contributed by atoms with Gasteiger partial charge < -0.3 is 9.84 Å². The second-order valence-electron chi connectivity index (χ2n) is 4.31. The SMILES string of the molecule is CC1OC(n2cc(C(F)(F)F)c(=O)[nH]c2=O)C[C@H]1O. The van der Waals surface area contributed by atoms with Crippen LogP contribution in [-0.4, -0.2) is 26.9 Å². The second-order valence-corrected chi connectivity index (χ2v) is 4.31. The Labute approximate surface area is 104 Å². The zero-order chi connectivity index (χ0) is 14.4. The van der Waals surface area contributed by atoms with Gasteiger partial charge in [-0.3, -0.25) is 14.3 Å². The van der Waals surface area contributed by atoms with Crippen LogP contribution in [-0.2, 0) is 10.9 Å². The minimum absolute atomic E-state index is 0.0234. The van der Waals surface area contributed by atoms with Crippen molar-refractivity contribution in [3.63, 3.8) is 0 Å². The number of hydrogen-bond donors (Lipinski definition) is 2. The first-order valence-corrected chi connectivity index (χ1v) is 5.46. The summed E-state index contributed by atoms with van der Waals surface area (Å²) in [5, 5.41) is 9.47. The van der Waals surface area contributed by atoms with E-state index in [2.05, 4.69) is 0 Å². The lowest BCUT2D eigenvalue weighted by Gasteiger charge is -2.15. The monoisotopic (exact) mass is 280 g/mol. The van der Waals surface area contributed by atoms with Gasteiger partial charge in [-0.2, -0.15) is 13.2 Å². The smallest absolute Gasteiger partial charge is 0.390 e. The third-order valence-corrected chi connectivity index (χ3v) is 2.94. The summed E-state index contributed by atoms with van der Waals surface area (Å²) < 4.78 is 43.5. The number of H-pyrrole nitrogens is 1. The molecule has 2 N–H and O–H groups in total. The Morgan fingerprint density at radius 1 is 1.47 bits per heavy atom. The number of ether oxygens (including phenoxy) is 1. The fraction of sp³-hybridized carbons (Fsp3) is 0.600. The first-order valence-electron chi connectivity index (χ1n) is 5.46. The van der Waals surface area contributed by atoms with Crippen LogP contribution in [0, 0.1) is 0 Å². The van der Waals surface area contributed by atoms with E-state index in [1.54, 1.807) is 4.98 Å². The summed E-state index contributed by atoms with van der Waals surface area (Å²) in [5.41, 5.74) is -3.99. The molecular formula is C10H11F3N2O4. The van der Waals surface area contributed by atoms with Crippen molar-refractivity contribution < 1.29 is 23.0 Å². The molecule has 106 valence electrons. The summed E-state index contributed by atoms with van der Waals surface area (Å²) in [4.78, 5) is 24.2. The van der Waals surface area contributed by atoms with Gasteiger partial charge in [0.15, 0.2) is 0 Å². The number of aromatic amines is 1. The molecule has 0 bridgehead atoms. The van der Waals surface area contributed by atoms with Gasteiger partial charge in [-0.05, 0) is 6.92 Å². The molecular weight excluding hydrogens is 269 g/mol. The molecule has 6 nitrogen and oxygen atoms in total. The van der Waals surface area contributed by atoms with Crippen LogP contribution in [0.3, 0.4) is 0 Å². The summed E-state index contributed by atoms with van der Waals surface area (Å²) in [7, 11) is 0. The highest BCUT2D eigenvalue weighted by Gasteiger charge is 2.37. The van der Waals surface area contributed by atoms with Crippen LogP contribution in [0.25, 0.3) is 0 Å². The predicted octanol–water partition coefficient (Wildman–Crippen LogP) is 0.224. The molecule has 1 aromatic rings. The molecule has 3 atom stereocenters. The van der Waals surface area contributed by atoms with Crippen molar-refractivity contribution in [2.24, 2.45) is 0 Å². The number of alkyl halides is 3. The van der Waals surface area contributed by atoms with Gasteiger partial charge in [-0.25, -0.2) is 4.79 Å². The molecule has 2 heterocycles. The quantitative estimate of drug-likeness (QED) is 0.771. The van der Waals surface area contributed by atoms with Crippen molar-refractivity contribution in [2.75, 3.05) is 0 Å². The highest BCUT2D eigenvalue weighted by Crippen LogP contribution is 2.29. The molecule has 1 fully saturated rings. The zero-order valence-electron chi connectivity index (χ0n) is 9.77. The lowest BCUT2D eigenvalue weighted by atomic mass is 10.2. The fourth-order valence-electron chi connectivity index (χ4n) is 1.87. The van der Waals surface area contributed by atoms with Crippen molar-refractivity contribution in [3.05, 3.63) is 32.6 Å². The number of nitrogens with zero attached hydrogens (tertiary/aromatic N) is 1. The van der Waals surface area contributed by atoms with Gasteiger partial charge in [0.25, 0.3) is 5.56 Å². The number of aliphatic hydroxyl groups is 1. The van der Waals surface area contributed by atoms with Crippen LogP contribution in [0.4, 0.5) is 13.2 Å². The molecule has 0 amide bonds. The number of aromatic nitrogens is 2. The molecule has 0 aliphatic carbocycles. The maximum absolute atomic E-state index is 12.6. The Hall–Kier alpha value is -1.61. The fourth-order valence-corrected chi connectivity index (χ4v) is 1.87. The van der Waals surface area contributed by atoms with E-state index >= 15 is 0 Å². The maximum atomic E-state index is 12.6. The lowest BCUT2D eigenvalue weighted by Crippen LogP contribution is -2.36. The van der Waals surface area contributed by atoms with Gasteiger partial charge in [-0.1, -0.05) is 0 Å². The van der Waals surface area contributed by atoms with Gasteiger partial charge in [0.2, 0.25) is 0 Å². The Morgan fingerprint density at radius 3 is 2.58 bits per heavy atom. The molecule has 0 spiro atoms. The van der Waals surface area contributed by atoms with Crippen molar-refractivity contribution in [3.8, 4) is 0 Å². The van der Waals surface area contributed by atoms with E-state index in [9.17, 15) is 27.9 Å². The summed E-state index contributed by atoms with van der Waals surface area (Å²) in [6.07, 6.45) is -6.99. The Bertz CT molecular complexity index is 582. The van der Waals surface area contributed by atoms with E-state index in [1.165, 1.54) is 6.92 Å². The van der Waals surface area contributed by atoms with Gasteiger partial charge in [0.05, 0.1) is 12.2 Å². The van der Waals surface area contributed by atoms with Crippen LogP contribution in [0.2, 0.25) is 0 Å². The van der Waals surface area contributed by atoms with E-state index in [1.807, 2.05) is 0 Å². The van der Waals surface area contributed by atoms with Gasteiger partial charge >= 0.3 is 11.9 Å². The van der Waals surface area contributed by atoms with E-state index in [-0.39, 0.29) is 6.42 Å². The molecule has 1 aliphatic heterocycles. The van der Waals surface area contributed by atoms with Gasteiger partial charge in [-0.15, -0.1) is 0 Å². The van der Waals surface area contributed by atoms with Gasteiger partial charge in [0, 0.05) is 12.6 Å². The predicted molar refractivity (Wildman–Crippen MR) is 56.5 cm³/mol. The summed E-state index contributed by atoms with van der Waals surface area (Å²) in [5.74, 6) is 0. The third kappa shape index (κ3) is 2.56. The molecule has 2 unspecified atom stereocenters. The highest BCUT2D eigenvalue weighted by molar-refractivity contribution is 5.09. The summed E-state index contributed by atoms with van der Waals surface area (Å²) in [6.45, 7) is 1.53. The summed E-state index contributed by atoms with van der Waals surface area (Å²) >= 11 is 0. The van der Waals surface area contributed by atoms with E-state index in [4.69, 9.17) is 4.74 Å². The molecule has 9 heteroatoms. The third-order valence-electron chi connectivity index (χ3n) is 2.94. The molecule has 0 saturated carbocycles. The molecule has 1 aromatic heterocycles. The van der Waals surface area contributed by atoms with Crippen LogP contribution in [0.1, 0.15) is 25.1 Å². The van der Waals surface area contributed by atoms with Crippen LogP contribution in [0.15, 0.2) is 15.8 Å². The number of rotatable bonds is 1. The maximum Gasteiger partial charge on any atom is 0.423 e. The van der Waals surface area contributed by atoms with Crippen molar-refractivity contribution >= 4 is 0 Å². The molecule has 0 aromatic carbocycles. The topological polar surface area (TPSA) is 84.3 Å². The first-order chi connectivity index (χ1) is 8.70. The average molecular weight is 280 g/mol. The first kappa shape index (κ1) is 13.8. The van der Waals surface area contributed by atoms with E-state index in [0.717, 1.165) is 0 Å². The average Bonchev–Trinajstić information content (AvgIpc) is 2.57. The normalized spacial score (nSPS) is 27.7. The summed E-state index contributed by atoms with van der Waals surface area (Å²) in [6, 6.07) is 0. The number of aliphatic hydroxyl groups excluding tert-OH is 1. The minimum Gasteiger partial charge on any atom is -0.390 e. The van der Waals surface area contributed by atoms with E-state index < -0.39 is 41.4 Å². The molecule has 1 aliphatic rings. The number of halogens is 3. The number of nitrogens with one attached hydrogen (secondary N) is 1. The highest BCUT2D eigenvalue weighted by atomic mass is 19.4. The Morgan fingerprint density at radius 2 is 2.11 bits per heavy atom. The zero-order valence-corrected chi connectivity index (χ0v) is 9.77. The standard InChI is InChI=1S/C10H11F3N2O4/c1-4-6(16)2-7(19-4)15-3-5(10(11,12)13)8(17)14-9(15)18/h3-4,6-7,16H,2H2,1H3,(H,14,17,18)/t4?,6-,7?/m1/s1. The Balaban J connectivity index is 2.48. The molecule has 19 heavy (non-hydrogen) atoms. The molecule has 0 radical (unpaired) electrons.